The second-order valence-electron chi connectivity index (χ2n) is 2.13. The summed E-state index contributed by atoms with van der Waals surface area (Å²) in [5, 5.41) is 0. The van der Waals surface area contributed by atoms with E-state index >= 15 is 0 Å². The van der Waals surface area contributed by atoms with Crippen LogP contribution in [0.25, 0.3) is 5.69 Å². The number of hydrogen-bond donors (Lipinski definition) is 0. The summed E-state index contributed by atoms with van der Waals surface area (Å²) in [5.41, 5.74) is -0.853. The summed E-state index contributed by atoms with van der Waals surface area (Å²) >= 11 is 2.97. The van der Waals surface area contributed by atoms with Gasteiger partial charge >= 0.3 is 0 Å². The van der Waals surface area contributed by atoms with Gasteiger partial charge < -0.3 is 4.57 Å². The fraction of sp³-hybridized carbons (Fsp3) is 0.111. The predicted molar refractivity (Wildman–Crippen MR) is 53.8 cm³/mol. The van der Waals surface area contributed by atoms with Crippen molar-refractivity contribution >= 4 is 15.9 Å². The van der Waals surface area contributed by atoms with E-state index in [0.29, 0.717) is 0 Å². The maximum Gasteiger partial charge on any atom is 0.105 e. The van der Waals surface area contributed by atoms with Gasteiger partial charge in [-0.3, -0.25) is 4.98 Å². The Morgan fingerprint density at radius 2 is 2.54 bits per heavy atom. The quantitative estimate of drug-likeness (QED) is 0.773. The molecule has 0 atom stereocenters. The molecule has 2 aromatic heterocycles. The van der Waals surface area contributed by atoms with Crippen LogP contribution in [0.4, 0.5) is 0 Å². The molecule has 0 saturated carbocycles. The van der Waals surface area contributed by atoms with Crippen LogP contribution in [-0.4, -0.2) is 14.5 Å². The maximum absolute atomic E-state index is 7.89. The van der Waals surface area contributed by atoms with E-state index in [1.807, 2.05) is 0 Å². The molecular weight excluding hydrogens is 230 g/mol. The van der Waals surface area contributed by atoms with Gasteiger partial charge in [0.05, 0.1) is 29.3 Å². The van der Waals surface area contributed by atoms with Gasteiger partial charge in [-0.15, -0.1) is 0 Å². The summed E-state index contributed by atoms with van der Waals surface area (Å²) in [5.74, 6) is 0. The summed E-state index contributed by atoms with van der Waals surface area (Å²) in [6.45, 7) is -2.68. The molecule has 0 amide bonds. The molecule has 2 aromatic rings. The van der Waals surface area contributed by atoms with Gasteiger partial charge in [-0.2, -0.15) is 0 Å². The Labute approximate surface area is 95.8 Å². The van der Waals surface area contributed by atoms with Crippen molar-refractivity contribution in [3.63, 3.8) is 0 Å². The second kappa shape index (κ2) is 3.30. The number of halogens is 1. The van der Waals surface area contributed by atoms with E-state index in [1.54, 1.807) is 0 Å². The van der Waals surface area contributed by atoms with E-state index in [-0.39, 0.29) is 22.4 Å². The van der Waals surface area contributed by atoms with Crippen molar-refractivity contribution in [1.82, 2.24) is 14.5 Å². The molecule has 0 radical (unpaired) electrons. The molecule has 0 aliphatic carbocycles. The molecule has 2 rings (SSSR count). The number of pyridine rings is 1. The molecule has 3 nitrogen and oxygen atoms in total. The molecule has 2 heterocycles. The molecule has 0 unspecified atom stereocenters. The molecule has 0 aromatic carbocycles. The van der Waals surface area contributed by atoms with Crippen molar-refractivity contribution in [3.8, 4) is 5.69 Å². The highest BCUT2D eigenvalue weighted by molar-refractivity contribution is 9.10. The number of hydrogen-bond acceptors (Lipinski definition) is 2. The van der Waals surface area contributed by atoms with Gasteiger partial charge in [0.25, 0.3) is 0 Å². The molecule has 0 spiro atoms. The van der Waals surface area contributed by atoms with E-state index < -0.39 is 31.2 Å². The summed E-state index contributed by atoms with van der Waals surface area (Å²) in [4.78, 5) is 7.09. The first kappa shape index (κ1) is 3.20. The van der Waals surface area contributed by atoms with E-state index in [9.17, 15) is 0 Å². The molecule has 0 aliphatic heterocycles. The number of rotatable bonds is 1. The van der Waals surface area contributed by atoms with Crippen LogP contribution in [0.1, 0.15) is 16.7 Å². The first-order valence-corrected chi connectivity index (χ1v) is 4.05. The molecule has 66 valence electrons. The van der Waals surface area contributed by atoms with Crippen molar-refractivity contribution in [1.29, 1.82) is 0 Å². The van der Waals surface area contributed by atoms with Crippen LogP contribution in [0.2, 0.25) is 0 Å². The smallest absolute Gasteiger partial charge is 0.105 e. The third-order valence-electron chi connectivity index (χ3n) is 1.25. The topological polar surface area (TPSA) is 30.7 Å². The van der Waals surface area contributed by atoms with Gasteiger partial charge in [0.2, 0.25) is 0 Å². The van der Waals surface area contributed by atoms with Crippen molar-refractivity contribution in [2.75, 3.05) is 0 Å². The van der Waals surface area contributed by atoms with Gasteiger partial charge in [0, 0.05) is 20.9 Å². The number of nitrogens with zero attached hydrogens (tertiary/aromatic N) is 3. The SMILES string of the molecule is [2H]c1nc([2H])c(-n2c([2H])nc(C([2H])([2H])[2H])c2[2H])c([2H])c1Br. The minimum atomic E-state index is -2.68. The number of imidazole rings is 1. The zero-order chi connectivity index (χ0) is 16.1. The van der Waals surface area contributed by atoms with Crippen LogP contribution in [0.5, 0.6) is 0 Å². The molecule has 4 heteroatoms. The van der Waals surface area contributed by atoms with Gasteiger partial charge in [-0.25, -0.2) is 4.98 Å². The average Bonchev–Trinajstić information content (AvgIpc) is 2.64. The summed E-state index contributed by atoms with van der Waals surface area (Å²) < 4.78 is 61.2. The Kier molecular flexibility index (Phi) is 0.813. The van der Waals surface area contributed by atoms with Crippen LogP contribution in [0, 0.1) is 6.85 Å². The van der Waals surface area contributed by atoms with Crippen LogP contribution in [0.3, 0.4) is 0 Å². The summed E-state index contributed by atoms with van der Waals surface area (Å²) in [7, 11) is 0. The molecule has 0 N–H and O–H groups in total. The molecule has 0 fully saturated rings. The third kappa shape index (κ3) is 1.78. The fourth-order valence-electron chi connectivity index (χ4n) is 0.758. The lowest BCUT2D eigenvalue weighted by molar-refractivity contribution is 1.04. The standard InChI is InChI=1S/C9H8BrN3/c1-7-5-13(6-12-7)9-2-8(10)3-11-4-9/h2-6H,1H3/i1D3,2D,3D,4D,5D,6D. The van der Waals surface area contributed by atoms with Crippen molar-refractivity contribution in [2.45, 2.75) is 6.85 Å². The zero-order valence-electron chi connectivity index (χ0n) is 14.2. The Balaban J connectivity index is 2.81. The summed E-state index contributed by atoms with van der Waals surface area (Å²) in [6.07, 6.45) is -2.03. The van der Waals surface area contributed by atoms with Crippen LogP contribution in [-0.2, 0) is 0 Å². The lowest BCUT2D eigenvalue weighted by Crippen LogP contribution is -1.90. The third-order valence-corrected chi connectivity index (χ3v) is 1.62. The highest BCUT2D eigenvalue weighted by atomic mass is 79.9. The second-order valence-corrected chi connectivity index (χ2v) is 2.92. The maximum atomic E-state index is 7.89. The minimum absolute atomic E-state index is 0.0172. The van der Waals surface area contributed by atoms with Crippen LogP contribution < -0.4 is 0 Å². The first-order chi connectivity index (χ1) is 9.55. The van der Waals surface area contributed by atoms with Gasteiger partial charge in [-0.05, 0) is 28.8 Å². The Morgan fingerprint density at radius 3 is 3.31 bits per heavy atom. The average molecular weight is 246 g/mol. The van der Waals surface area contributed by atoms with Crippen molar-refractivity contribution < 1.29 is 11.0 Å². The predicted octanol–water partition coefficient (Wildman–Crippen LogP) is 2.34. The zero-order valence-corrected chi connectivity index (χ0v) is 7.81. The normalized spacial score (nSPS) is 20.1. The largest absolute Gasteiger partial charge is 0.304 e. The summed E-state index contributed by atoms with van der Waals surface area (Å²) in [6, 6.07) is -0.337. The Morgan fingerprint density at radius 1 is 1.62 bits per heavy atom. The number of aromatic nitrogens is 3. The minimum Gasteiger partial charge on any atom is -0.304 e. The molecular formula is C9H8BrN3. The first-order valence-electron chi connectivity index (χ1n) is 7.25. The van der Waals surface area contributed by atoms with Crippen molar-refractivity contribution in [2.24, 2.45) is 0 Å². The number of aryl methyl sites for hydroxylation is 1. The molecule has 0 aliphatic rings. The van der Waals surface area contributed by atoms with Crippen LogP contribution in [0.15, 0.2) is 35.3 Å². The van der Waals surface area contributed by atoms with E-state index in [0.717, 1.165) is 4.57 Å². The Bertz CT molecular complexity index is 723. The van der Waals surface area contributed by atoms with Gasteiger partial charge in [-0.1, -0.05) is 0 Å². The molecule has 13 heavy (non-hydrogen) atoms. The highest BCUT2D eigenvalue weighted by Crippen LogP contribution is 2.13. The van der Waals surface area contributed by atoms with E-state index in [1.165, 1.54) is 0 Å². The van der Waals surface area contributed by atoms with E-state index in [2.05, 4.69) is 25.9 Å². The van der Waals surface area contributed by atoms with Gasteiger partial charge in [0.1, 0.15) is 1.37 Å². The molecule has 0 saturated heterocycles. The Hall–Kier alpha value is -1.16. The monoisotopic (exact) mass is 245 g/mol. The van der Waals surface area contributed by atoms with E-state index in [4.69, 9.17) is 11.0 Å². The highest BCUT2D eigenvalue weighted by Gasteiger charge is 1.97. The van der Waals surface area contributed by atoms with Crippen molar-refractivity contribution in [3.05, 3.63) is 41.0 Å². The van der Waals surface area contributed by atoms with Crippen LogP contribution >= 0.6 is 15.9 Å². The lowest BCUT2D eigenvalue weighted by atomic mass is 10.4. The van der Waals surface area contributed by atoms with Gasteiger partial charge in [0.15, 0.2) is 0 Å². The lowest BCUT2D eigenvalue weighted by Gasteiger charge is -2.00. The fourth-order valence-corrected chi connectivity index (χ4v) is 1.03. The molecule has 0 bridgehead atoms.